The van der Waals surface area contributed by atoms with Gasteiger partial charge in [0, 0.05) is 24.8 Å². The van der Waals surface area contributed by atoms with Gasteiger partial charge in [-0.1, -0.05) is 6.07 Å². The van der Waals surface area contributed by atoms with Crippen LogP contribution < -0.4 is 0 Å². The molecule has 0 unspecified atom stereocenters. The van der Waals surface area contributed by atoms with Crippen LogP contribution in [0.5, 0.6) is 0 Å². The summed E-state index contributed by atoms with van der Waals surface area (Å²) in [5, 5.41) is 13.3. The Labute approximate surface area is 162 Å². The van der Waals surface area contributed by atoms with Crippen LogP contribution in [0.3, 0.4) is 0 Å². The summed E-state index contributed by atoms with van der Waals surface area (Å²) in [5.74, 6) is -2.07. The van der Waals surface area contributed by atoms with E-state index in [0.29, 0.717) is 24.2 Å². The number of likely N-dealkylation sites (tertiary alicyclic amines) is 1. The number of hydrogen-bond donors (Lipinski definition) is 1. The van der Waals surface area contributed by atoms with Crippen molar-refractivity contribution in [3.8, 4) is 11.1 Å². The highest BCUT2D eigenvalue weighted by atomic mass is 19.1. The number of amides is 1. The number of carbonyl (C=O) groups excluding carboxylic acids is 1. The number of aromatic carboxylic acids is 1. The summed E-state index contributed by atoms with van der Waals surface area (Å²) in [6.45, 7) is 6.69. The lowest BCUT2D eigenvalue weighted by atomic mass is 10.0. The number of halogens is 1. The average Bonchev–Trinajstić information content (AvgIpc) is 3.10. The molecule has 0 saturated carbocycles. The van der Waals surface area contributed by atoms with Gasteiger partial charge in [0.15, 0.2) is 0 Å². The molecule has 8 heteroatoms. The summed E-state index contributed by atoms with van der Waals surface area (Å²) in [6, 6.07) is 4.16. The minimum atomic E-state index is -1.29. The molecule has 2 aromatic rings. The second-order valence-corrected chi connectivity index (χ2v) is 7.91. The Morgan fingerprint density at radius 1 is 1.21 bits per heavy atom. The smallest absolute Gasteiger partial charge is 0.410 e. The molecule has 1 amide bonds. The molecule has 1 N–H and O–H groups in total. The Balaban J connectivity index is 1.65. The van der Waals surface area contributed by atoms with Gasteiger partial charge in [-0.2, -0.15) is 5.10 Å². The first-order chi connectivity index (χ1) is 13.1. The van der Waals surface area contributed by atoms with Crippen molar-refractivity contribution >= 4 is 12.1 Å². The van der Waals surface area contributed by atoms with E-state index >= 15 is 0 Å². The van der Waals surface area contributed by atoms with E-state index in [1.165, 1.54) is 12.1 Å². The summed E-state index contributed by atoms with van der Waals surface area (Å²) in [4.78, 5) is 24.8. The number of carboxylic acid groups (broad SMARTS) is 1. The molecule has 1 aromatic heterocycles. The van der Waals surface area contributed by atoms with Gasteiger partial charge in [0.2, 0.25) is 0 Å². The number of nitrogens with zero attached hydrogens (tertiary/aromatic N) is 3. The van der Waals surface area contributed by atoms with E-state index in [4.69, 9.17) is 9.84 Å². The molecular weight excluding hydrogens is 365 g/mol. The maximum atomic E-state index is 13.9. The standard InChI is InChI=1S/C20H24FN3O4/c1-20(2,3)28-19(27)23-8-6-15(7-9-23)24-12-14(11-22-24)13-4-5-16(18(25)26)17(21)10-13/h4-5,10-12,15H,6-9H2,1-3H3,(H,25,26). The summed E-state index contributed by atoms with van der Waals surface area (Å²) >= 11 is 0. The number of aromatic nitrogens is 2. The van der Waals surface area contributed by atoms with Crippen LogP contribution in [0.15, 0.2) is 30.6 Å². The summed E-state index contributed by atoms with van der Waals surface area (Å²) < 4.78 is 21.2. The Kier molecular flexibility index (Phi) is 5.40. The zero-order valence-corrected chi connectivity index (χ0v) is 16.2. The molecule has 0 spiro atoms. The topological polar surface area (TPSA) is 84.7 Å². The molecule has 0 bridgehead atoms. The van der Waals surface area contributed by atoms with Gasteiger partial charge < -0.3 is 14.7 Å². The normalized spacial score (nSPS) is 15.5. The molecule has 28 heavy (non-hydrogen) atoms. The largest absolute Gasteiger partial charge is 0.478 e. The van der Waals surface area contributed by atoms with Gasteiger partial charge in [0.05, 0.1) is 17.8 Å². The number of hydrogen-bond acceptors (Lipinski definition) is 4. The van der Waals surface area contributed by atoms with E-state index < -0.39 is 17.4 Å². The van der Waals surface area contributed by atoms with Crippen molar-refractivity contribution in [1.82, 2.24) is 14.7 Å². The lowest BCUT2D eigenvalue weighted by Gasteiger charge is -2.33. The molecule has 150 valence electrons. The first-order valence-electron chi connectivity index (χ1n) is 9.19. The zero-order chi connectivity index (χ0) is 20.5. The molecule has 1 aliphatic heterocycles. The maximum Gasteiger partial charge on any atom is 0.410 e. The van der Waals surface area contributed by atoms with Crippen molar-refractivity contribution in [1.29, 1.82) is 0 Å². The minimum Gasteiger partial charge on any atom is -0.478 e. The predicted octanol–water partition coefficient (Wildman–Crippen LogP) is 3.96. The van der Waals surface area contributed by atoms with Crippen LogP contribution in [-0.2, 0) is 4.74 Å². The highest BCUT2D eigenvalue weighted by molar-refractivity contribution is 5.88. The second-order valence-electron chi connectivity index (χ2n) is 7.91. The Hall–Kier alpha value is -2.90. The van der Waals surface area contributed by atoms with Crippen molar-refractivity contribution in [2.45, 2.75) is 45.3 Å². The molecule has 0 atom stereocenters. The third-order valence-electron chi connectivity index (χ3n) is 4.62. The van der Waals surface area contributed by atoms with Crippen molar-refractivity contribution in [2.24, 2.45) is 0 Å². The van der Waals surface area contributed by atoms with Crippen molar-refractivity contribution in [3.63, 3.8) is 0 Å². The number of rotatable bonds is 3. The number of ether oxygens (including phenoxy) is 1. The predicted molar refractivity (Wildman–Crippen MR) is 101 cm³/mol. The molecule has 1 aliphatic rings. The van der Waals surface area contributed by atoms with E-state index in [2.05, 4.69) is 5.10 Å². The first kappa shape index (κ1) is 19.9. The van der Waals surface area contributed by atoms with Gasteiger partial charge in [-0.25, -0.2) is 14.0 Å². The van der Waals surface area contributed by atoms with E-state index in [0.717, 1.165) is 12.8 Å². The number of carbonyl (C=O) groups is 2. The Bertz CT molecular complexity index is 880. The van der Waals surface area contributed by atoms with Gasteiger partial charge in [-0.3, -0.25) is 4.68 Å². The van der Waals surface area contributed by atoms with Crippen LogP contribution >= 0.6 is 0 Å². The van der Waals surface area contributed by atoms with Crippen LogP contribution in [0.4, 0.5) is 9.18 Å². The maximum absolute atomic E-state index is 13.9. The molecule has 3 rings (SSSR count). The third kappa shape index (κ3) is 4.49. The van der Waals surface area contributed by atoms with Crippen LogP contribution in [0.1, 0.15) is 50.0 Å². The lowest BCUT2D eigenvalue weighted by Crippen LogP contribution is -2.42. The van der Waals surface area contributed by atoms with Crippen LogP contribution in [0.25, 0.3) is 11.1 Å². The van der Waals surface area contributed by atoms with Crippen LogP contribution in [0, 0.1) is 5.82 Å². The third-order valence-corrected chi connectivity index (χ3v) is 4.62. The quantitative estimate of drug-likeness (QED) is 0.859. The second kappa shape index (κ2) is 7.61. The molecule has 1 saturated heterocycles. The summed E-state index contributed by atoms with van der Waals surface area (Å²) in [5.41, 5.74) is 0.409. The van der Waals surface area contributed by atoms with Crippen LogP contribution in [-0.4, -0.2) is 50.5 Å². The summed E-state index contributed by atoms with van der Waals surface area (Å²) in [6.07, 6.45) is 4.64. The first-order valence-corrected chi connectivity index (χ1v) is 9.19. The monoisotopic (exact) mass is 389 g/mol. The Morgan fingerprint density at radius 3 is 2.46 bits per heavy atom. The average molecular weight is 389 g/mol. The molecular formula is C20H24FN3O4. The fourth-order valence-corrected chi connectivity index (χ4v) is 3.19. The number of benzene rings is 1. The van der Waals surface area contributed by atoms with Crippen molar-refractivity contribution < 1.29 is 23.8 Å². The van der Waals surface area contributed by atoms with Gasteiger partial charge in [-0.15, -0.1) is 0 Å². The molecule has 0 radical (unpaired) electrons. The highest BCUT2D eigenvalue weighted by Gasteiger charge is 2.28. The molecule has 2 heterocycles. The van der Waals surface area contributed by atoms with Gasteiger partial charge in [-0.05, 0) is 51.3 Å². The minimum absolute atomic E-state index is 0.135. The van der Waals surface area contributed by atoms with E-state index in [-0.39, 0.29) is 17.7 Å². The molecule has 1 aromatic carbocycles. The fourth-order valence-electron chi connectivity index (χ4n) is 3.19. The lowest BCUT2D eigenvalue weighted by molar-refractivity contribution is 0.0184. The van der Waals surface area contributed by atoms with Gasteiger partial charge >= 0.3 is 12.1 Å². The Morgan fingerprint density at radius 2 is 1.89 bits per heavy atom. The zero-order valence-electron chi connectivity index (χ0n) is 16.2. The van der Waals surface area contributed by atoms with E-state index in [1.807, 2.05) is 31.6 Å². The SMILES string of the molecule is CC(C)(C)OC(=O)N1CCC(n2cc(-c3ccc(C(=O)O)c(F)c3)cn2)CC1. The van der Waals surface area contributed by atoms with Gasteiger partial charge in [0.1, 0.15) is 11.4 Å². The van der Waals surface area contributed by atoms with Crippen molar-refractivity contribution in [2.75, 3.05) is 13.1 Å². The van der Waals surface area contributed by atoms with Crippen molar-refractivity contribution in [3.05, 3.63) is 42.0 Å². The van der Waals surface area contributed by atoms with Gasteiger partial charge in [0.25, 0.3) is 0 Å². The fraction of sp³-hybridized carbons (Fsp3) is 0.450. The highest BCUT2D eigenvalue weighted by Crippen LogP contribution is 2.27. The number of piperidine rings is 1. The summed E-state index contributed by atoms with van der Waals surface area (Å²) in [7, 11) is 0. The van der Waals surface area contributed by atoms with E-state index in [1.54, 1.807) is 17.2 Å². The molecule has 7 nitrogen and oxygen atoms in total. The number of carboxylic acids is 1. The molecule has 0 aliphatic carbocycles. The molecule has 1 fully saturated rings. The van der Waals surface area contributed by atoms with E-state index in [9.17, 15) is 14.0 Å². The van der Waals surface area contributed by atoms with Crippen LogP contribution in [0.2, 0.25) is 0 Å².